The number of carbonyl (C=O) groups excluding carboxylic acids is 1. The van der Waals surface area contributed by atoms with Gasteiger partial charge in [-0.2, -0.15) is 10.1 Å². The van der Waals surface area contributed by atoms with Gasteiger partial charge in [-0.1, -0.05) is 11.3 Å². The van der Waals surface area contributed by atoms with Gasteiger partial charge in [-0.3, -0.25) is 16.2 Å². The second-order valence-corrected chi connectivity index (χ2v) is 6.70. The van der Waals surface area contributed by atoms with Crippen LogP contribution in [0.15, 0.2) is 29.4 Å². The molecular weight excluding hydrogens is 377 g/mol. The first-order chi connectivity index (χ1) is 12.9. The largest absolute Gasteiger partial charge is 0.441 e. The molecule has 1 fully saturated rings. The number of carbonyl (C=O) groups is 1. The molecule has 2 heterocycles. The van der Waals surface area contributed by atoms with Crippen LogP contribution in [0.3, 0.4) is 0 Å². The Balaban J connectivity index is 1.80. The molecule has 0 spiro atoms. The Labute approximate surface area is 157 Å². The molecule has 12 heteroatoms. The van der Waals surface area contributed by atoms with E-state index in [0.717, 1.165) is 16.5 Å². The third-order valence-electron chi connectivity index (χ3n) is 3.61. The van der Waals surface area contributed by atoms with Crippen molar-refractivity contribution in [2.24, 2.45) is 16.6 Å². The number of guanidine groups is 1. The summed E-state index contributed by atoms with van der Waals surface area (Å²) in [7, 11) is 1.55. The highest BCUT2D eigenvalue weighted by atomic mass is 32.1. The van der Waals surface area contributed by atoms with Crippen molar-refractivity contribution in [1.29, 1.82) is 0 Å². The molecule has 1 amide bonds. The number of amides is 1. The van der Waals surface area contributed by atoms with Crippen LogP contribution in [-0.2, 0) is 4.74 Å². The maximum Gasteiger partial charge on any atom is 0.414 e. The van der Waals surface area contributed by atoms with Crippen LogP contribution in [0.25, 0.3) is 10.4 Å². The van der Waals surface area contributed by atoms with Crippen LogP contribution in [0.1, 0.15) is 0 Å². The molecule has 0 saturated carbocycles. The minimum absolute atomic E-state index is 0.0442. The standard InChI is InChI=1S/C15H18FN7O3S/c1-22(18)21-13(17)20-14-19-5-12(27-14)10-3-2-8(4-11(10)16)23-6-9(7-24)26-15(23)25/h2-5,9,24H,6-7,18H2,1H3,(H3,17,19,20,21). The Hall–Kier alpha value is -2.80. The lowest BCUT2D eigenvalue weighted by atomic mass is 10.1. The van der Waals surface area contributed by atoms with E-state index in [1.54, 1.807) is 19.2 Å². The monoisotopic (exact) mass is 395 g/mol. The lowest BCUT2D eigenvalue weighted by Crippen LogP contribution is -2.47. The number of anilines is 1. The summed E-state index contributed by atoms with van der Waals surface area (Å²) in [6, 6.07) is 4.38. The highest BCUT2D eigenvalue weighted by molar-refractivity contribution is 7.18. The summed E-state index contributed by atoms with van der Waals surface area (Å²) >= 11 is 1.14. The quantitative estimate of drug-likeness (QED) is 0.248. The van der Waals surface area contributed by atoms with Crippen molar-refractivity contribution in [3.63, 3.8) is 0 Å². The van der Waals surface area contributed by atoms with Crippen molar-refractivity contribution >= 4 is 34.2 Å². The summed E-state index contributed by atoms with van der Waals surface area (Å²) in [6.45, 7) is -0.125. The fourth-order valence-corrected chi connectivity index (χ4v) is 3.28. The van der Waals surface area contributed by atoms with Crippen LogP contribution in [0.2, 0.25) is 0 Å². The summed E-state index contributed by atoms with van der Waals surface area (Å²) in [5, 5.41) is 10.6. The number of cyclic esters (lactones) is 1. The maximum absolute atomic E-state index is 14.6. The molecule has 3 rings (SSSR count). The van der Waals surface area contributed by atoms with Crippen molar-refractivity contribution in [2.75, 3.05) is 25.1 Å². The number of aliphatic imine (C=N–C) groups is 1. The Morgan fingerprint density at radius 3 is 3.04 bits per heavy atom. The fraction of sp³-hybridized carbons (Fsp3) is 0.267. The number of nitrogens with zero attached hydrogens (tertiary/aromatic N) is 4. The average molecular weight is 395 g/mol. The van der Waals surface area contributed by atoms with Crippen LogP contribution >= 0.6 is 11.3 Å². The zero-order valence-corrected chi connectivity index (χ0v) is 15.1. The second-order valence-electron chi connectivity index (χ2n) is 5.69. The SMILES string of the molecule is CN(N)N/C(N)=N\c1ncc(-c2ccc(N3CC(CO)OC3=O)cc2F)s1. The maximum atomic E-state index is 14.6. The topological polar surface area (TPSA) is 142 Å². The third kappa shape index (κ3) is 4.31. The van der Waals surface area contributed by atoms with Gasteiger partial charge in [0, 0.05) is 18.8 Å². The normalized spacial score (nSPS) is 17.5. The second kappa shape index (κ2) is 7.84. The number of hydrogen-bond acceptors (Lipinski definition) is 8. The van der Waals surface area contributed by atoms with Crippen LogP contribution in [0.5, 0.6) is 0 Å². The van der Waals surface area contributed by atoms with Gasteiger partial charge in [0.2, 0.25) is 11.1 Å². The van der Waals surface area contributed by atoms with Crippen molar-refractivity contribution in [3.8, 4) is 10.4 Å². The first-order valence-electron chi connectivity index (χ1n) is 7.81. The van der Waals surface area contributed by atoms with Gasteiger partial charge in [-0.05, 0) is 18.2 Å². The van der Waals surface area contributed by atoms with E-state index in [0.29, 0.717) is 21.3 Å². The first-order valence-corrected chi connectivity index (χ1v) is 8.63. The molecular formula is C15H18FN7O3S. The fourth-order valence-electron chi connectivity index (χ4n) is 2.45. The van der Waals surface area contributed by atoms with E-state index in [1.165, 1.54) is 17.2 Å². The number of aliphatic hydroxyl groups excluding tert-OH is 1. The Kier molecular flexibility index (Phi) is 5.51. The summed E-state index contributed by atoms with van der Waals surface area (Å²) in [5.74, 6) is 4.92. The summed E-state index contributed by atoms with van der Waals surface area (Å²) in [4.78, 5) is 21.7. The Morgan fingerprint density at radius 2 is 2.41 bits per heavy atom. The number of nitrogens with two attached hydrogens (primary N) is 2. The van der Waals surface area contributed by atoms with Gasteiger partial charge in [0.05, 0.1) is 23.7 Å². The summed E-state index contributed by atoms with van der Waals surface area (Å²) < 4.78 is 19.6. The average Bonchev–Trinajstić information content (AvgIpc) is 3.20. The molecule has 144 valence electrons. The lowest BCUT2D eigenvalue weighted by Gasteiger charge is -2.13. The number of thiazole rings is 1. The predicted molar refractivity (Wildman–Crippen MR) is 98.6 cm³/mol. The molecule has 0 aliphatic carbocycles. The number of ether oxygens (including phenoxy) is 1. The predicted octanol–water partition coefficient (Wildman–Crippen LogP) is 0.523. The number of aromatic nitrogens is 1. The molecule has 1 unspecified atom stereocenters. The van der Waals surface area contributed by atoms with Gasteiger partial charge < -0.3 is 15.6 Å². The Morgan fingerprint density at radius 1 is 1.63 bits per heavy atom. The van der Waals surface area contributed by atoms with E-state index < -0.39 is 18.0 Å². The molecule has 10 nitrogen and oxygen atoms in total. The molecule has 1 aromatic carbocycles. The number of hydrogen-bond donors (Lipinski definition) is 4. The van der Waals surface area contributed by atoms with Crippen LogP contribution in [0.4, 0.5) is 20.0 Å². The van der Waals surface area contributed by atoms with Gasteiger partial charge in [0.25, 0.3) is 0 Å². The number of halogens is 1. The molecule has 0 radical (unpaired) electrons. The zero-order valence-electron chi connectivity index (χ0n) is 14.3. The van der Waals surface area contributed by atoms with Gasteiger partial charge in [0.15, 0.2) is 0 Å². The van der Waals surface area contributed by atoms with Gasteiger partial charge >= 0.3 is 6.09 Å². The summed E-state index contributed by atoms with van der Waals surface area (Å²) in [5.41, 5.74) is 8.88. The van der Waals surface area contributed by atoms with Crippen LogP contribution < -0.4 is 21.9 Å². The lowest BCUT2D eigenvalue weighted by molar-refractivity contribution is 0.0963. The number of benzene rings is 1. The van der Waals surface area contributed by atoms with Crippen molar-refractivity contribution < 1.29 is 19.0 Å². The van der Waals surface area contributed by atoms with E-state index in [4.69, 9.17) is 21.4 Å². The van der Waals surface area contributed by atoms with E-state index in [-0.39, 0.29) is 19.1 Å². The highest BCUT2D eigenvalue weighted by Crippen LogP contribution is 2.34. The molecule has 1 saturated heterocycles. The molecule has 2 aromatic rings. The molecule has 6 N–H and O–H groups in total. The van der Waals surface area contributed by atoms with Gasteiger partial charge in [0.1, 0.15) is 11.9 Å². The zero-order chi connectivity index (χ0) is 19.6. The minimum Gasteiger partial charge on any atom is -0.441 e. The van der Waals surface area contributed by atoms with Crippen molar-refractivity contribution in [2.45, 2.75) is 6.10 Å². The van der Waals surface area contributed by atoms with Gasteiger partial charge in [-0.15, -0.1) is 0 Å². The number of hydrazine groups is 2. The summed E-state index contributed by atoms with van der Waals surface area (Å²) in [6.07, 6.45) is 0.240. The van der Waals surface area contributed by atoms with Crippen molar-refractivity contribution in [1.82, 2.24) is 15.5 Å². The third-order valence-corrected chi connectivity index (χ3v) is 4.53. The van der Waals surface area contributed by atoms with Gasteiger partial charge in [-0.25, -0.2) is 14.2 Å². The number of rotatable bonds is 5. The van der Waals surface area contributed by atoms with Crippen LogP contribution in [0, 0.1) is 5.82 Å². The van der Waals surface area contributed by atoms with E-state index in [9.17, 15) is 9.18 Å². The molecule has 1 aromatic heterocycles. The molecule has 27 heavy (non-hydrogen) atoms. The van der Waals surface area contributed by atoms with Crippen LogP contribution in [-0.4, -0.2) is 53.6 Å². The molecule has 1 aliphatic rings. The molecule has 0 bridgehead atoms. The van der Waals surface area contributed by atoms with E-state index in [1.807, 2.05) is 0 Å². The van der Waals surface area contributed by atoms with E-state index >= 15 is 0 Å². The van der Waals surface area contributed by atoms with E-state index in [2.05, 4.69) is 15.4 Å². The first kappa shape index (κ1) is 19.0. The number of aliphatic hydroxyl groups is 1. The molecule has 1 atom stereocenters. The highest BCUT2D eigenvalue weighted by Gasteiger charge is 2.32. The number of nitrogens with one attached hydrogen (secondary N) is 1. The molecule has 1 aliphatic heterocycles. The smallest absolute Gasteiger partial charge is 0.414 e. The minimum atomic E-state index is -0.622. The Bertz CT molecular complexity index is 873. The van der Waals surface area contributed by atoms with Crippen molar-refractivity contribution in [3.05, 3.63) is 30.2 Å².